The summed E-state index contributed by atoms with van der Waals surface area (Å²) in [4.78, 5) is 16.3. The van der Waals surface area contributed by atoms with Crippen molar-refractivity contribution in [3.8, 4) is 5.75 Å². The quantitative estimate of drug-likeness (QED) is 0.621. The van der Waals surface area contributed by atoms with E-state index in [1.807, 2.05) is 18.2 Å². The van der Waals surface area contributed by atoms with Gasteiger partial charge in [-0.3, -0.25) is 4.79 Å². The van der Waals surface area contributed by atoms with Crippen molar-refractivity contribution in [2.45, 2.75) is 12.8 Å². The molecule has 0 aliphatic rings. The number of thiazole rings is 1. The minimum atomic E-state index is -4.72. The maximum atomic E-state index is 12.2. The first-order valence-electron chi connectivity index (χ1n) is 7.79. The van der Waals surface area contributed by atoms with Crippen LogP contribution in [0.3, 0.4) is 0 Å². The third kappa shape index (κ3) is 6.00. The Morgan fingerprint density at radius 3 is 2.41 bits per heavy atom. The lowest BCUT2D eigenvalue weighted by Gasteiger charge is -2.09. The summed E-state index contributed by atoms with van der Waals surface area (Å²) in [7, 11) is 0. The number of carbonyl (C=O) groups excluding carboxylic acids is 1. The second kappa shape index (κ2) is 8.09. The van der Waals surface area contributed by atoms with Crippen LogP contribution in [0.1, 0.15) is 5.69 Å². The maximum absolute atomic E-state index is 12.2. The van der Waals surface area contributed by atoms with Crippen molar-refractivity contribution >= 4 is 33.8 Å². The number of aromatic nitrogens is 1. The van der Waals surface area contributed by atoms with Crippen molar-refractivity contribution in [1.82, 2.24) is 4.98 Å². The lowest BCUT2D eigenvalue weighted by Crippen LogP contribution is -2.16. The Balaban J connectivity index is 1.55. The fourth-order valence-corrected chi connectivity index (χ4v) is 2.93. The Kier molecular flexibility index (Phi) is 5.60. The Bertz CT molecular complexity index is 896. The van der Waals surface area contributed by atoms with Crippen LogP contribution in [0.5, 0.6) is 5.75 Å². The number of alkyl halides is 3. The molecule has 0 spiro atoms. The number of anilines is 3. The van der Waals surface area contributed by atoms with Crippen LogP contribution >= 0.6 is 11.3 Å². The average Bonchev–Trinajstić information content (AvgIpc) is 3.03. The number of halogens is 3. The molecule has 3 aromatic rings. The first kappa shape index (κ1) is 18.7. The summed E-state index contributed by atoms with van der Waals surface area (Å²) in [6.45, 7) is 0. The van der Waals surface area contributed by atoms with Gasteiger partial charge in [-0.25, -0.2) is 4.98 Å². The van der Waals surface area contributed by atoms with Crippen LogP contribution in [-0.2, 0) is 11.2 Å². The summed E-state index contributed by atoms with van der Waals surface area (Å²) < 4.78 is 40.3. The van der Waals surface area contributed by atoms with Crippen molar-refractivity contribution in [2.24, 2.45) is 0 Å². The second-order valence-electron chi connectivity index (χ2n) is 5.43. The van der Waals surface area contributed by atoms with Gasteiger partial charge in [0.15, 0.2) is 5.13 Å². The Morgan fingerprint density at radius 2 is 1.74 bits per heavy atom. The molecular formula is C18H14F3N3O2S. The predicted octanol–water partition coefficient (Wildman–Crippen LogP) is 4.97. The van der Waals surface area contributed by atoms with Gasteiger partial charge in [-0.1, -0.05) is 18.2 Å². The van der Waals surface area contributed by atoms with Crippen LogP contribution in [0.15, 0.2) is 60.0 Å². The first-order valence-corrected chi connectivity index (χ1v) is 8.67. The van der Waals surface area contributed by atoms with Crippen molar-refractivity contribution in [3.05, 3.63) is 65.7 Å². The molecule has 1 aromatic heterocycles. The van der Waals surface area contributed by atoms with E-state index in [1.165, 1.54) is 35.6 Å². The van der Waals surface area contributed by atoms with Gasteiger partial charge in [-0.05, 0) is 36.4 Å². The largest absolute Gasteiger partial charge is 0.573 e. The predicted molar refractivity (Wildman–Crippen MR) is 97.3 cm³/mol. The molecule has 1 amide bonds. The third-order valence-electron chi connectivity index (χ3n) is 3.29. The van der Waals surface area contributed by atoms with Gasteiger partial charge >= 0.3 is 6.36 Å². The lowest BCUT2D eigenvalue weighted by molar-refractivity contribution is -0.274. The van der Waals surface area contributed by atoms with Crippen LogP contribution in [0.25, 0.3) is 0 Å². The van der Waals surface area contributed by atoms with E-state index in [0.29, 0.717) is 22.2 Å². The van der Waals surface area contributed by atoms with Gasteiger partial charge < -0.3 is 15.4 Å². The van der Waals surface area contributed by atoms with Gasteiger partial charge in [0.2, 0.25) is 5.91 Å². The number of amides is 1. The Morgan fingerprint density at radius 1 is 1.04 bits per heavy atom. The molecule has 3 rings (SSSR count). The molecule has 0 bridgehead atoms. The summed E-state index contributed by atoms with van der Waals surface area (Å²) in [5.41, 5.74) is 1.85. The molecule has 0 aliphatic heterocycles. The highest BCUT2D eigenvalue weighted by Gasteiger charge is 2.30. The highest BCUT2D eigenvalue weighted by Crippen LogP contribution is 2.26. The number of nitrogens with zero attached hydrogens (tertiary/aromatic N) is 1. The van der Waals surface area contributed by atoms with Crippen LogP contribution in [0, 0.1) is 0 Å². The number of para-hydroxylation sites is 1. The summed E-state index contributed by atoms with van der Waals surface area (Å²) in [6.07, 6.45) is -4.61. The Hall–Kier alpha value is -3.07. The van der Waals surface area contributed by atoms with Crippen molar-refractivity contribution in [1.29, 1.82) is 0 Å². The van der Waals surface area contributed by atoms with Crippen molar-refractivity contribution < 1.29 is 22.7 Å². The van der Waals surface area contributed by atoms with Crippen LogP contribution in [0.2, 0.25) is 0 Å². The molecule has 5 nitrogen and oxygen atoms in total. The van der Waals surface area contributed by atoms with Crippen molar-refractivity contribution in [3.63, 3.8) is 0 Å². The van der Waals surface area contributed by atoms with Gasteiger partial charge in [0.1, 0.15) is 5.75 Å². The lowest BCUT2D eigenvalue weighted by atomic mass is 10.3. The number of nitrogens with one attached hydrogen (secondary N) is 2. The Labute approximate surface area is 156 Å². The zero-order valence-electron chi connectivity index (χ0n) is 13.8. The van der Waals surface area contributed by atoms with Gasteiger partial charge in [-0.15, -0.1) is 24.5 Å². The van der Waals surface area contributed by atoms with Gasteiger partial charge in [0, 0.05) is 16.8 Å². The SMILES string of the molecule is O=C(Cc1csc(Nc2ccc(OC(F)(F)F)cc2)n1)Nc1ccccc1. The van der Waals surface area contributed by atoms with Crippen LogP contribution < -0.4 is 15.4 Å². The summed E-state index contributed by atoms with van der Waals surface area (Å²) in [5.74, 6) is -0.489. The number of ether oxygens (including phenoxy) is 1. The molecule has 9 heteroatoms. The summed E-state index contributed by atoms with van der Waals surface area (Å²) in [5, 5.41) is 8.02. The minimum Gasteiger partial charge on any atom is -0.406 e. The molecule has 1 heterocycles. The highest BCUT2D eigenvalue weighted by atomic mass is 32.1. The fourth-order valence-electron chi connectivity index (χ4n) is 2.20. The number of benzene rings is 2. The fraction of sp³-hybridized carbons (Fsp3) is 0.111. The molecule has 2 aromatic carbocycles. The van der Waals surface area contributed by atoms with E-state index >= 15 is 0 Å². The molecule has 27 heavy (non-hydrogen) atoms. The van der Waals surface area contributed by atoms with E-state index < -0.39 is 6.36 Å². The molecule has 0 atom stereocenters. The van der Waals surface area contributed by atoms with E-state index in [9.17, 15) is 18.0 Å². The van der Waals surface area contributed by atoms with Gasteiger partial charge in [0.25, 0.3) is 0 Å². The third-order valence-corrected chi connectivity index (χ3v) is 4.10. The molecular weight excluding hydrogens is 379 g/mol. The average molecular weight is 393 g/mol. The summed E-state index contributed by atoms with van der Waals surface area (Å²) >= 11 is 1.29. The van der Waals surface area contributed by atoms with E-state index in [1.54, 1.807) is 17.5 Å². The van der Waals surface area contributed by atoms with Gasteiger partial charge in [-0.2, -0.15) is 0 Å². The zero-order valence-corrected chi connectivity index (χ0v) is 14.6. The van der Waals surface area contributed by atoms with E-state index in [0.717, 1.165) is 0 Å². The van der Waals surface area contributed by atoms with E-state index in [2.05, 4.69) is 20.4 Å². The smallest absolute Gasteiger partial charge is 0.406 e. The summed E-state index contributed by atoms with van der Waals surface area (Å²) in [6, 6.07) is 14.4. The monoisotopic (exact) mass is 393 g/mol. The molecule has 0 saturated heterocycles. The van der Waals surface area contributed by atoms with Gasteiger partial charge in [0.05, 0.1) is 12.1 Å². The highest BCUT2D eigenvalue weighted by molar-refractivity contribution is 7.13. The molecule has 0 radical (unpaired) electrons. The molecule has 0 unspecified atom stereocenters. The van der Waals surface area contributed by atoms with Crippen LogP contribution in [-0.4, -0.2) is 17.3 Å². The molecule has 140 valence electrons. The number of hydrogen-bond donors (Lipinski definition) is 2. The van der Waals surface area contributed by atoms with Crippen LogP contribution in [0.4, 0.5) is 29.7 Å². The number of hydrogen-bond acceptors (Lipinski definition) is 5. The minimum absolute atomic E-state index is 0.117. The zero-order chi connectivity index (χ0) is 19.3. The molecule has 0 saturated carbocycles. The molecule has 0 fully saturated rings. The molecule has 2 N–H and O–H groups in total. The van der Waals surface area contributed by atoms with Crippen molar-refractivity contribution in [2.75, 3.05) is 10.6 Å². The normalized spacial score (nSPS) is 11.1. The standard InChI is InChI=1S/C18H14F3N3O2S/c19-18(20,21)26-15-8-6-13(7-9-15)23-17-24-14(11-27-17)10-16(25)22-12-4-2-1-3-5-12/h1-9,11H,10H2,(H,22,25)(H,23,24). The topological polar surface area (TPSA) is 63.2 Å². The number of carbonyl (C=O) groups is 1. The first-order chi connectivity index (χ1) is 12.9. The van der Waals surface area contributed by atoms with E-state index in [4.69, 9.17) is 0 Å². The maximum Gasteiger partial charge on any atom is 0.573 e. The second-order valence-corrected chi connectivity index (χ2v) is 6.29. The van der Waals surface area contributed by atoms with E-state index in [-0.39, 0.29) is 18.1 Å². The number of rotatable bonds is 6. The molecule has 0 aliphatic carbocycles.